The molecule has 0 atom stereocenters. The first-order valence-electron chi connectivity index (χ1n) is 5.24. The van der Waals surface area contributed by atoms with Crippen LogP contribution < -0.4 is 4.72 Å². The molecule has 0 fully saturated rings. The van der Waals surface area contributed by atoms with Gasteiger partial charge in [-0.1, -0.05) is 0 Å². The van der Waals surface area contributed by atoms with Crippen molar-refractivity contribution >= 4 is 33.0 Å². The summed E-state index contributed by atoms with van der Waals surface area (Å²) >= 11 is 1.12. The number of thiophene rings is 1. The Labute approximate surface area is 114 Å². The topological polar surface area (TPSA) is 77.4 Å². The molecule has 19 heavy (non-hydrogen) atoms. The number of anilines is 1. The number of sulfonamides is 1. The van der Waals surface area contributed by atoms with Crippen molar-refractivity contribution in [3.05, 3.63) is 34.8 Å². The summed E-state index contributed by atoms with van der Waals surface area (Å²) in [7, 11) is -0.725. The van der Waals surface area contributed by atoms with Gasteiger partial charge in [-0.05, 0) is 17.5 Å². The highest BCUT2D eigenvalue weighted by molar-refractivity contribution is 7.92. The lowest BCUT2D eigenvalue weighted by atomic mass is 10.4. The number of carbonyl (C=O) groups excluding carboxylic acids is 1. The summed E-state index contributed by atoms with van der Waals surface area (Å²) in [5, 5.41) is 1.62. The van der Waals surface area contributed by atoms with Crippen LogP contribution in [-0.2, 0) is 21.8 Å². The van der Waals surface area contributed by atoms with Crippen molar-refractivity contribution in [1.29, 1.82) is 0 Å². The average molecular weight is 300 g/mol. The first-order valence-corrected chi connectivity index (χ1v) is 7.61. The van der Waals surface area contributed by atoms with Crippen molar-refractivity contribution < 1.29 is 17.9 Å². The van der Waals surface area contributed by atoms with Gasteiger partial charge in [-0.25, -0.2) is 13.2 Å². The summed E-state index contributed by atoms with van der Waals surface area (Å²) in [6, 6.07) is 3.00. The van der Waals surface area contributed by atoms with Crippen LogP contribution in [0, 0.1) is 0 Å². The number of nitrogens with zero attached hydrogens (tertiary/aromatic N) is 1. The first kappa shape index (κ1) is 13.6. The Balaban J connectivity index is 2.31. The fourth-order valence-electron chi connectivity index (χ4n) is 1.48. The highest BCUT2D eigenvalue weighted by Gasteiger charge is 2.20. The summed E-state index contributed by atoms with van der Waals surface area (Å²) in [6.07, 6.45) is 3.11. The van der Waals surface area contributed by atoms with Crippen molar-refractivity contribution in [2.45, 2.75) is 4.90 Å². The van der Waals surface area contributed by atoms with Gasteiger partial charge in [0.25, 0.3) is 10.0 Å². The van der Waals surface area contributed by atoms with E-state index in [1.165, 1.54) is 25.4 Å². The third-order valence-electron chi connectivity index (χ3n) is 2.40. The van der Waals surface area contributed by atoms with E-state index in [2.05, 4.69) is 9.46 Å². The number of hydrogen-bond acceptors (Lipinski definition) is 5. The molecule has 0 radical (unpaired) electrons. The predicted octanol–water partition coefficient (Wildman–Crippen LogP) is 1.67. The Morgan fingerprint density at radius 2 is 2.16 bits per heavy atom. The van der Waals surface area contributed by atoms with Gasteiger partial charge in [0.05, 0.1) is 12.8 Å². The molecule has 8 heteroatoms. The van der Waals surface area contributed by atoms with E-state index in [0.29, 0.717) is 0 Å². The molecule has 0 aliphatic carbocycles. The second-order valence-corrected chi connectivity index (χ2v) is 6.37. The quantitative estimate of drug-likeness (QED) is 0.871. The molecule has 0 unspecified atom stereocenters. The summed E-state index contributed by atoms with van der Waals surface area (Å²) < 4.78 is 32.8. The molecule has 0 saturated heterocycles. The molecule has 0 aliphatic rings. The van der Waals surface area contributed by atoms with Crippen LogP contribution in [0.3, 0.4) is 0 Å². The number of nitrogens with one attached hydrogen (secondary N) is 1. The lowest BCUT2D eigenvalue weighted by Gasteiger charge is -2.06. The number of aromatic nitrogens is 1. The Morgan fingerprint density at radius 3 is 2.74 bits per heavy atom. The number of hydrogen-bond donors (Lipinski definition) is 1. The van der Waals surface area contributed by atoms with Gasteiger partial charge in [-0.15, -0.1) is 11.3 Å². The Bertz CT molecular complexity index is 700. The Kier molecular flexibility index (Phi) is 3.63. The highest BCUT2D eigenvalue weighted by atomic mass is 32.2. The lowest BCUT2D eigenvalue weighted by molar-refractivity contribution is 0.0607. The maximum Gasteiger partial charge on any atom is 0.350 e. The molecule has 2 aromatic rings. The standard InChI is InChI=1S/C11H12N2O4S2/c1-13-5-3-8(7-13)19(15,16)12-9-4-6-18-10(9)11(14)17-2/h3-7,12H,1-2H3. The Hall–Kier alpha value is -1.80. The minimum atomic E-state index is -3.70. The third kappa shape index (κ3) is 2.79. The van der Waals surface area contributed by atoms with Gasteiger partial charge in [-0.2, -0.15) is 0 Å². The number of aryl methyl sites for hydroxylation is 1. The minimum absolute atomic E-state index is 0.136. The van der Waals surface area contributed by atoms with Crippen LogP contribution in [0.4, 0.5) is 5.69 Å². The van der Waals surface area contributed by atoms with Crippen molar-refractivity contribution in [2.75, 3.05) is 11.8 Å². The van der Waals surface area contributed by atoms with Gasteiger partial charge >= 0.3 is 5.97 Å². The lowest BCUT2D eigenvalue weighted by Crippen LogP contribution is -2.14. The molecule has 2 rings (SSSR count). The molecule has 0 saturated carbocycles. The van der Waals surface area contributed by atoms with Gasteiger partial charge in [0.15, 0.2) is 0 Å². The second kappa shape index (κ2) is 5.06. The molecule has 0 amide bonds. The zero-order chi connectivity index (χ0) is 14.0. The SMILES string of the molecule is COC(=O)c1sccc1NS(=O)(=O)c1ccn(C)c1. The molecule has 1 N–H and O–H groups in total. The van der Waals surface area contributed by atoms with Crippen molar-refractivity contribution in [3.63, 3.8) is 0 Å². The molecule has 2 heterocycles. The van der Waals surface area contributed by atoms with Gasteiger partial charge in [0, 0.05) is 19.4 Å². The van der Waals surface area contributed by atoms with E-state index in [1.807, 2.05) is 0 Å². The molecule has 2 aromatic heterocycles. The molecular weight excluding hydrogens is 288 g/mol. The molecule has 102 valence electrons. The van der Waals surface area contributed by atoms with Gasteiger partial charge in [0.1, 0.15) is 9.77 Å². The molecule has 0 aliphatic heterocycles. The number of methoxy groups -OCH3 is 1. The van der Waals surface area contributed by atoms with Gasteiger partial charge in [0.2, 0.25) is 0 Å². The summed E-state index contributed by atoms with van der Waals surface area (Å²) in [5.41, 5.74) is 0.223. The maximum absolute atomic E-state index is 12.1. The smallest absolute Gasteiger partial charge is 0.350 e. The summed E-state index contributed by atoms with van der Waals surface area (Å²) in [4.78, 5) is 11.8. The number of ether oxygens (including phenoxy) is 1. The molecule has 0 aromatic carbocycles. The van der Waals surface area contributed by atoms with E-state index >= 15 is 0 Å². The van der Waals surface area contributed by atoms with E-state index in [4.69, 9.17) is 0 Å². The fraction of sp³-hybridized carbons (Fsp3) is 0.182. The monoisotopic (exact) mass is 300 g/mol. The van der Waals surface area contributed by atoms with Crippen LogP contribution in [0.25, 0.3) is 0 Å². The fourth-order valence-corrected chi connectivity index (χ4v) is 3.43. The zero-order valence-electron chi connectivity index (χ0n) is 10.3. The molecule has 6 nitrogen and oxygen atoms in total. The number of carbonyl (C=O) groups is 1. The first-order chi connectivity index (χ1) is 8.94. The normalized spacial score (nSPS) is 11.3. The van der Waals surface area contributed by atoms with E-state index < -0.39 is 16.0 Å². The van der Waals surface area contributed by atoms with Crippen LogP contribution in [0.1, 0.15) is 9.67 Å². The van der Waals surface area contributed by atoms with E-state index in [1.54, 1.807) is 23.2 Å². The predicted molar refractivity (Wildman–Crippen MR) is 71.9 cm³/mol. The van der Waals surface area contributed by atoms with Crippen molar-refractivity contribution in [2.24, 2.45) is 7.05 Å². The van der Waals surface area contributed by atoms with Crippen LogP contribution in [0.5, 0.6) is 0 Å². The Morgan fingerprint density at radius 1 is 1.42 bits per heavy atom. The van der Waals surface area contributed by atoms with Crippen LogP contribution in [-0.4, -0.2) is 26.1 Å². The zero-order valence-corrected chi connectivity index (χ0v) is 11.9. The third-order valence-corrected chi connectivity index (χ3v) is 4.64. The average Bonchev–Trinajstić information content (AvgIpc) is 2.97. The van der Waals surface area contributed by atoms with E-state index in [0.717, 1.165) is 11.3 Å². The largest absolute Gasteiger partial charge is 0.465 e. The van der Waals surface area contributed by atoms with Crippen LogP contribution >= 0.6 is 11.3 Å². The summed E-state index contributed by atoms with van der Waals surface area (Å²) in [6.45, 7) is 0. The van der Waals surface area contributed by atoms with Crippen molar-refractivity contribution in [1.82, 2.24) is 4.57 Å². The van der Waals surface area contributed by atoms with E-state index in [-0.39, 0.29) is 15.5 Å². The molecule has 0 spiro atoms. The van der Waals surface area contributed by atoms with E-state index in [9.17, 15) is 13.2 Å². The molecule has 0 bridgehead atoms. The van der Waals surface area contributed by atoms with Crippen LogP contribution in [0.2, 0.25) is 0 Å². The highest BCUT2D eigenvalue weighted by Crippen LogP contribution is 2.25. The maximum atomic E-state index is 12.1. The number of rotatable bonds is 4. The van der Waals surface area contributed by atoms with Gasteiger partial charge < -0.3 is 9.30 Å². The second-order valence-electron chi connectivity index (χ2n) is 3.77. The molecular formula is C11H12N2O4S2. The number of esters is 1. The minimum Gasteiger partial charge on any atom is -0.465 e. The van der Waals surface area contributed by atoms with Gasteiger partial charge in [-0.3, -0.25) is 4.72 Å². The van der Waals surface area contributed by atoms with Crippen molar-refractivity contribution in [3.8, 4) is 0 Å². The van der Waals surface area contributed by atoms with Crippen LogP contribution in [0.15, 0.2) is 34.8 Å². The summed E-state index contributed by atoms with van der Waals surface area (Å²) in [5.74, 6) is -0.569.